The Morgan fingerprint density at radius 2 is 2.00 bits per heavy atom. The Morgan fingerprint density at radius 1 is 1.25 bits per heavy atom. The van der Waals surface area contributed by atoms with E-state index in [0.717, 1.165) is 5.39 Å². The monoisotopic (exact) mass is 235 g/mol. The maximum absolute atomic E-state index is 11.9. The molecule has 0 amide bonds. The number of rotatable bonds is 3. The molecule has 1 heterocycles. The van der Waals surface area contributed by atoms with Crippen LogP contribution in [0.4, 0.5) is 0 Å². The zero-order chi connectivity index (χ0) is 11.6. The Kier molecular flexibility index (Phi) is 2.89. The largest absolute Gasteiger partial charge is 0.255 e. The number of pyridine rings is 1. The van der Waals surface area contributed by atoms with Gasteiger partial charge in [0.15, 0.2) is 0 Å². The lowest BCUT2D eigenvalue weighted by molar-refractivity contribution is 0.586. The van der Waals surface area contributed by atoms with Crippen molar-refractivity contribution in [2.45, 2.75) is 4.90 Å². The van der Waals surface area contributed by atoms with E-state index < -0.39 is 10.0 Å². The molecule has 0 fully saturated rings. The Bertz CT molecular complexity index is 603. The molecule has 0 saturated heterocycles. The number of fused-ring (bicyclic) bond motifs is 1. The van der Waals surface area contributed by atoms with E-state index in [0.29, 0.717) is 5.52 Å². The van der Waals surface area contributed by atoms with Gasteiger partial charge in [0.05, 0.1) is 5.52 Å². The normalized spacial score (nSPS) is 11.8. The van der Waals surface area contributed by atoms with Crippen molar-refractivity contribution in [1.29, 1.82) is 0 Å². The first-order valence-corrected chi connectivity index (χ1v) is 6.26. The van der Waals surface area contributed by atoms with Gasteiger partial charge in [-0.05, 0) is 19.1 Å². The van der Waals surface area contributed by atoms with Crippen molar-refractivity contribution in [2.75, 3.05) is 6.54 Å². The van der Waals surface area contributed by atoms with Crippen LogP contribution in [0.1, 0.15) is 0 Å². The molecule has 0 atom stereocenters. The average molecular weight is 235 g/mol. The van der Waals surface area contributed by atoms with E-state index in [2.05, 4.69) is 16.6 Å². The fraction of sp³-hybridized carbons (Fsp3) is 0.0909. The molecule has 4 nitrogen and oxygen atoms in total. The van der Waals surface area contributed by atoms with Gasteiger partial charge in [0.2, 0.25) is 10.0 Å². The number of sulfonamides is 1. The molecular formula is C11H11N2O2S. The molecule has 0 unspecified atom stereocenters. The number of nitrogens with one attached hydrogen (secondary N) is 1. The van der Waals surface area contributed by atoms with Gasteiger partial charge in [-0.15, -0.1) is 0 Å². The number of nitrogens with zero attached hydrogens (tertiary/aromatic N) is 1. The fourth-order valence-corrected chi connectivity index (χ4v) is 2.61. The molecule has 0 aliphatic rings. The summed E-state index contributed by atoms with van der Waals surface area (Å²) in [5, 5.41) is 0.800. The standard InChI is InChI=1S/C11H11N2O2S/c1-2-13-16(14,15)10-7-3-5-9-6-4-8-12-11(9)10/h3-8,13H,1-2H2. The molecule has 83 valence electrons. The Balaban J connectivity index is 2.70. The molecule has 1 N–H and O–H groups in total. The van der Waals surface area contributed by atoms with Crippen molar-refractivity contribution >= 4 is 20.9 Å². The van der Waals surface area contributed by atoms with E-state index in [1.165, 1.54) is 6.07 Å². The quantitative estimate of drug-likeness (QED) is 0.873. The van der Waals surface area contributed by atoms with Crippen LogP contribution in [0.25, 0.3) is 10.9 Å². The maximum atomic E-state index is 11.9. The minimum Gasteiger partial charge on any atom is -0.255 e. The lowest BCUT2D eigenvalue weighted by Crippen LogP contribution is -2.23. The second-order valence-corrected chi connectivity index (χ2v) is 4.96. The van der Waals surface area contributed by atoms with Crippen LogP contribution in [0.15, 0.2) is 41.4 Å². The highest BCUT2D eigenvalue weighted by molar-refractivity contribution is 7.89. The number of aromatic nitrogens is 1. The molecule has 2 rings (SSSR count). The Labute approximate surface area is 94.4 Å². The second-order valence-electron chi connectivity index (χ2n) is 3.23. The van der Waals surface area contributed by atoms with Crippen molar-refractivity contribution in [3.05, 3.63) is 43.5 Å². The van der Waals surface area contributed by atoms with Crippen LogP contribution < -0.4 is 4.72 Å². The van der Waals surface area contributed by atoms with E-state index in [1.54, 1.807) is 18.3 Å². The van der Waals surface area contributed by atoms with Crippen molar-refractivity contribution in [2.24, 2.45) is 0 Å². The zero-order valence-electron chi connectivity index (χ0n) is 8.55. The molecule has 2 aromatic rings. The average Bonchev–Trinajstić information content (AvgIpc) is 2.28. The van der Waals surface area contributed by atoms with E-state index >= 15 is 0 Å². The van der Waals surface area contributed by atoms with Crippen LogP contribution in [0.5, 0.6) is 0 Å². The SMILES string of the molecule is [CH2]CNS(=O)(=O)c1cccc2cccnc12. The lowest BCUT2D eigenvalue weighted by Gasteiger charge is -2.06. The highest BCUT2D eigenvalue weighted by atomic mass is 32.2. The number of hydrogen-bond acceptors (Lipinski definition) is 3. The van der Waals surface area contributed by atoms with Crippen LogP contribution in [-0.2, 0) is 10.0 Å². The van der Waals surface area contributed by atoms with Gasteiger partial charge < -0.3 is 0 Å². The Hall–Kier alpha value is -1.46. The summed E-state index contributed by atoms with van der Waals surface area (Å²) in [6.45, 7) is 3.58. The minimum atomic E-state index is -3.51. The van der Waals surface area contributed by atoms with Crippen LogP contribution in [-0.4, -0.2) is 19.9 Å². The molecule has 1 radical (unpaired) electrons. The number of para-hydroxylation sites is 1. The minimum absolute atomic E-state index is 0.117. The summed E-state index contributed by atoms with van der Waals surface area (Å²) in [4.78, 5) is 4.28. The van der Waals surface area contributed by atoms with Gasteiger partial charge >= 0.3 is 0 Å². The molecule has 0 saturated carbocycles. The topological polar surface area (TPSA) is 59.1 Å². The van der Waals surface area contributed by atoms with Crippen LogP contribution >= 0.6 is 0 Å². The number of benzene rings is 1. The summed E-state index contributed by atoms with van der Waals surface area (Å²) in [7, 11) is -3.51. The van der Waals surface area contributed by atoms with Crippen LogP contribution in [0.2, 0.25) is 0 Å². The summed E-state index contributed by atoms with van der Waals surface area (Å²) < 4.78 is 26.1. The third-order valence-corrected chi connectivity index (χ3v) is 3.67. The van der Waals surface area contributed by atoms with Gasteiger partial charge in [0, 0.05) is 18.1 Å². The molecule has 1 aromatic carbocycles. The van der Waals surface area contributed by atoms with Gasteiger partial charge in [-0.3, -0.25) is 4.98 Å². The lowest BCUT2D eigenvalue weighted by atomic mass is 10.2. The number of hydrogen-bond donors (Lipinski definition) is 1. The predicted octanol–water partition coefficient (Wildman–Crippen LogP) is 1.35. The van der Waals surface area contributed by atoms with Gasteiger partial charge in [-0.1, -0.05) is 18.2 Å². The van der Waals surface area contributed by atoms with Gasteiger partial charge in [0.1, 0.15) is 4.90 Å². The summed E-state index contributed by atoms with van der Waals surface area (Å²) in [5.41, 5.74) is 0.478. The van der Waals surface area contributed by atoms with Crippen molar-refractivity contribution in [3.8, 4) is 0 Å². The molecule has 0 aliphatic heterocycles. The molecule has 0 spiro atoms. The summed E-state index contributed by atoms with van der Waals surface area (Å²) in [6.07, 6.45) is 1.57. The highest BCUT2D eigenvalue weighted by Gasteiger charge is 2.16. The smallest absolute Gasteiger partial charge is 0.242 e. The van der Waals surface area contributed by atoms with Crippen molar-refractivity contribution in [1.82, 2.24) is 9.71 Å². The van der Waals surface area contributed by atoms with E-state index in [1.807, 2.05) is 12.1 Å². The summed E-state index contributed by atoms with van der Waals surface area (Å²) in [5.74, 6) is 0. The van der Waals surface area contributed by atoms with Gasteiger partial charge in [0.25, 0.3) is 0 Å². The maximum Gasteiger partial charge on any atom is 0.242 e. The Morgan fingerprint density at radius 3 is 2.75 bits per heavy atom. The molecule has 0 aliphatic carbocycles. The zero-order valence-corrected chi connectivity index (χ0v) is 9.37. The van der Waals surface area contributed by atoms with E-state index in [-0.39, 0.29) is 11.4 Å². The summed E-state index contributed by atoms with van der Waals surface area (Å²) >= 11 is 0. The third kappa shape index (κ3) is 1.91. The summed E-state index contributed by atoms with van der Waals surface area (Å²) in [6, 6.07) is 8.65. The molecule has 0 bridgehead atoms. The first-order valence-electron chi connectivity index (χ1n) is 4.78. The molecule has 5 heteroatoms. The molecule has 16 heavy (non-hydrogen) atoms. The van der Waals surface area contributed by atoms with Gasteiger partial charge in [-0.25, -0.2) is 13.1 Å². The van der Waals surface area contributed by atoms with Crippen molar-refractivity contribution in [3.63, 3.8) is 0 Å². The molecular weight excluding hydrogens is 224 g/mol. The third-order valence-electron chi connectivity index (χ3n) is 2.18. The van der Waals surface area contributed by atoms with E-state index in [4.69, 9.17) is 0 Å². The van der Waals surface area contributed by atoms with Crippen LogP contribution in [0, 0.1) is 6.92 Å². The van der Waals surface area contributed by atoms with E-state index in [9.17, 15) is 8.42 Å². The van der Waals surface area contributed by atoms with Crippen LogP contribution in [0.3, 0.4) is 0 Å². The fourth-order valence-electron chi connectivity index (χ4n) is 1.51. The second kappa shape index (κ2) is 4.19. The first-order chi connectivity index (χ1) is 7.65. The highest BCUT2D eigenvalue weighted by Crippen LogP contribution is 2.19. The predicted molar refractivity (Wildman–Crippen MR) is 62.3 cm³/mol. The first kappa shape index (κ1) is 11.0. The van der Waals surface area contributed by atoms with Gasteiger partial charge in [-0.2, -0.15) is 0 Å². The molecule has 1 aromatic heterocycles. The van der Waals surface area contributed by atoms with Crippen molar-refractivity contribution < 1.29 is 8.42 Å².